The predicted molar refractivity (Wildman–Crippen MR) is 86.7 cm³/mol. The van der Waals surface area contributed by atoms with Gasteiger partial charge in [-0.15, -0.1) is 0 Å². The van der Waals surface area contributed by atoms with Gasteiger partial charge >= 0.3 is 0 Å². The normalized spacial score (nSPS) is 14.0. The predicted octanol–water partition coefficient (Wildman–Crippen LogP) is 3.41. The Morgan fingerprint density at radius 1 is 1.30 bits per heavy atom. The van der Waals surface area contributed by atoms with Crippen molar-refractivity contribution < 1.29 is 8.95 Å². The standard InChI is InChI=1S/C16H27NO2S/c1-5-10-17-13(4)14-8-9-16(19-6-2)15(11-14)12-20(18)7-3/h8-9,11,13,17H,5-7,10,12H2,1-4H3. The van der Waals surface area contributed by atoms with Crippen LogP contribution in [0.25, 0.3) is 0 Å². The first-order valence-corrected chi connectivity index (χ1v) is 8.95. The minimum absolute atomic E-state index is 0.305. The van der Waals surface area contributed by atoms with Crippen LogP contribution in [0.15, 0.2) is 18.2 Å². The number of nitrogens with one attached hydrogen (secondary N) is 1. The third-order valence-electron chi connectivity index (χ3n) is 3.22. The molecule has 0 amide bonds. The molecule has 1 rings (SSSR count). The molecule has 2 unspecified atom stereocenters. The number of ether oxygens (including phenoxy) is 1. The van der Waals surface area contributed by atoms with Gasteiger partial charge in [0, 0.05) is 28.2 Å². The molecule has 0 saturated carbocycles. The van der Waals surface area contributed by atoms with Crippen LogP contribution in [0.1, 0.15) is 51.3 Å². The second-order valence-electron chi connectivity index (χ2n) is 4.85. The van der Waals surface area contributed by atoms with Crippen molar-refractivity contribution in [3.8, 4) is 5.75 Å². The molecule has 4 heteroatoms. The molecule has 1 aromatic rings. The molecule has 1 aromatic carbocycles. The summed E-state index contributed by atoms with van der Waals surface area (Å²) in [5.41, 5.74) is 2.28. The van der Waals surface area contributed by atoms with Gasteiger partial charge in [0.1, 0.15) is 5.75 Å². The Balaban J connectivity index is 2.93. The molecule has 114 valence electrons. The second-order valence-corrected chi connectivity index (χ2v) is 6.59. The summed E-state index contributed by atoms with van der Waals surface area (Å²) in [6.07, 6.45) is 1.12. The topological polar surface area (TPSA) is 38.3 Å². The first kappa shape index (κ1) is 17.2. The van der Waals surface area contributed by atoms with Gasteiger partial charge < -0.3 is 10.1 Å². The highest BCUT2D eigenvalue weighted by Crippen LogP contribution is 2.25. The van der Waals surface area contributed by atoms with Gasteiger partial charge in [-0.3, -0.25) is 4.21 Å². The average Bonchev–Trinajstić information content (AvgIpc) is 2.46. The number of hydrogen-bond donors (Lipinski definition) is 1. The lowest BCUT2D eigenvalue weighted by Gasteiger charge is -2.17. The van der Waals surface area contributed by atoms with E-state index in [9.17, 15) is 4.21 Å². The van der Waals surface area contributed by atoms with Gasteiger partial charge in [-0.2, -0.15) is 0 Å². The Morgan fingerprint density at radius 3 is 2.65 bits per heavy atom. The summed E-state index contributed by atoms with van der Waals surface area (Å²) in [5.74, 6) is 2.11. The molecule has 20 heavy (non-hydrogen) atoms. The molecule has 0 aliphatic rings. The molecule has 0 fully saturated rings. The van der Waals surface area contributed by atoms with E-state index < -0.39 is 10.8 Å². The van der Waals surface area contributed by atoms with Gasteiger partial charge in [-0.25, -0.2) is 0 Å². The SMILES string of the molecule is CCCNC(C)c1ccc(OCC)c(CS(=O)CC)c1. The number of hydrogen-bond acceptors (Lipinski definition) is 3. The summed E-state index contributed by atoms with van der Waals surface area (Å²) in [4.78, 5) is 0. The Labute approximate surface area is 125 Å². The van der Waals surface area contributed by atoms with Gasteiger partial charge in [-0.05, 0) is 44.5 Å². The lowest BCUT2D eigenvalue weighted by molar-refractivity contribution is 0.337. The molecular weight excluding hydrogens is 270 g/mol. The van der Waals surface area contributed by atoms with E-state index in [0.717, 1.165) is 24.3 Å². The summed E-state index contributed by atoms with van der Waals surface area (Å²) < 4.78 is 17.5. The second kappa shape index (κ2) is 9.14. The third kappa shape index (κ3) is 5.25. The zero-order valence-electron chi connectivity index (χ0n) is 13.1. The highest BCUT2D eigenvalue weighted by molar-refractivity contribution is 7.84. The Morgan fingerprint density at radius 2 is 2.05 bits per heavy atom. The quantitative estimate of drug-likeness (QED) is 0.759. The van der Waals surface area contributed by atoms with E-state index in [2.05, 4.69) is 31.3 Å². The molecule has 0 spiro atoms. The van der Waals surface area contributed by atoms with Crippen molar-refractivity contribution in [1.29, 1.82) is 0 Å². The largest absolute Gasteiger partial charge is 0.494 e. The van der Waals surface area contributed by atoms with E-state index >= 15 is 0 Å². The lowest BCUT2D eigenvalue weighted by atomic mass is 10.0. The molecular formula is C16H27NO2S. The van der Waals surface area contributed by atoms with Crippen LogP contribution >= 0.6 is 0 Å². The van der Waals surface area contributed by atoms with E-state index in [4.69, 9.17) is 4.74 Å². The number of rotatable bonds is 9. The first-order chi connectivity index (χ1) is 9.62. The Hall–Kier alpha value is -0.870. The molecule has 0 aromatic heterocycles. The smallest absolute Gasteiger partial charge is 0.123 e. The summed E-state index contributed by atoms with van der Waals surface area (Å²) in [5, 5.41) is 3.48. The minimum Gasteiger partial charge on any atom is -0.494 e. The van der Waals surface area contributed by atoms with Crippen LogP contribution in [0.5, 0.6) is 5.75 Å². The van der Waals surface area contributed by atoms with Gasteiger partial charge in [0.25, 0.3) is 0 Å². The molecule has 0 aliphatic heterocycles. The first-order valence-electron chi connectivity index (χ1n) is 7.46. The van der Waals surface area contributed by atoms with Crippen molar-refractivity contribution >= 4 is 10.8 Å². The fourth-order valence-corrected chi connectivity index (χ4v) is 2.81. The molecule has 0 heterocycles. The van der Waals surface area contributed by atoms with Crippen molar-refractivity contribution in [2.45, 2.75) is 45.9 Å². The molecule has 0 radical (unpaired) electrons. The monoisotopic (exact) mass is 297 g/mol. The zero-order valence-corrected chi connectivity index (χ0v) is 13.9. The van der Waals surface area contributed by atoms with Crippen LogP contribution in [0, 0.1) is 0 Å². The van der Waals surface area contributed by atoms with Gasteiger partial charge in [0.15, 0.2) is 0 Å². The third-order valence-corrected chi connectivity index (χ3v) is 4.50. The van der Waals surface area contributed by atoms with Crippen molar-refractivity contribution in [2.75, 3.05) is 18.9 Å². The maximum Gasteiger partial charge on any atom is 0.123 e. The Kier molecular flexibility index (Phi) is 7.85. The molecule has 0 saturated heterocycles. The van der Waals surface area contributed by atoms with Crippen LogP contribution in [-0.4, -0.2) is 23.1 Å². The minimum atomic E-state index is -0.819. The molecule has 2 atom stereocenters. The molecule has 1 N–H and O–H groups in total. The molecule has 3 nitrogen and oxygen atoms in total. The highest BCUT2D eigenvalue weighted by Gasteiger charge is 2.11. The fourth-order valence-electron chi connectivity index (χ4n) is 2.03. The van der Waals surface area contributed by atoms with Crippen LogP contribution in [0.4, 0.5) is 0 Å². The van der Waals surface area contributed by atoms with Crippen molar-refractivity contribution in [3.63, 3.8) is 0 Å². The van der Waals surface area contributed by atoms with Crippen molar-refractivity contribution in [3.05, 3.63) is 29.3 Å². The Bertz CT molecular complexity index is 434. The van der Waals surface area contributed by atoms with Gasteiger partial charge in [0.2, 0.25) is 0 Å². The number of benzene rings is 1. The van der Waals surface area contributed by atoms with Crippen LogP contribution < -0.4 is 10.1 Å². The van der Waals surface area contributed by atoms with E-state index in [-0.39, 0.29) is 0 Å². The highest BCUT2D eigenvalue weighted by atomic mass is 32.2. The van der Waals surface area contributed by atoms with E-state index in [0.29, 0.717) is 24.2 Å². The van der Waals surface area contributed by atoms with Gasteiger partial charge in [-0.1, -0.05) is 19.9 Å². The van der Waals surface area contributed by atoms with E-state index in [1.54, 1.807) is 0 Å². The summed E-state index contributed by atoms with van der Waals surface area (Å²) in [6, 6.07) is 6.53. The van der Waals surface area contributed by atoms with Crippen molar-refractivity contribution in [2.24, 2.45) is 0 Å². The van der Waals surface area contributed by atoms with Crippen LogP contribution in [-0.2, 0) is 16.6 Å². The maximum absolute atomic E-state index is 11.8. The van der Waals surface area contributed by atoms with E-state index in [1.165, 1.54) is 5.56 Å². The zero-order chi connectivity index (χ0) is 15.0. The van der Waals surface area contributed by atoms with Crippen LogP contribution in [0.2, 0.25) is 0 Å². The fraction of sp³-hybridized carbons (Fsp3) is 0.625. The maximum atomic E-state index is 11.8. The molecule has 0 aliphatic carbocycles. The van der Waals surface area contributed by atoms with Gasteiger partial charge in [0.05, 0.1) is 12.4 Å². The average molecular weight is 297 g/mol. The van der Waals surface area contributed by atoms with Crippen LogP contribution in [0.3, 0.4) is 0 Å². The summed E-state index contributed by atoms with van der Waals surface area (Å²) >= 11 is 0. The summed E-state index contributed by atoms with van der Waals surface area (Å²) in [6.45, 7) is 9.88. The van der Waals surface area contributed by atoms with E-state index in [1.807, 2.05) is 19.9 Å². The van der Waals surface area contributed by atoms with Crippen molar-refractivity contribution in [1.82, 2.24) is 5.32 Å². The molecule has 0 bridgehead atoms. The lowest BCUT2D eigenvalue weighted by Crippen LogP contribution is -2.19. The summed E-state index contributed by atoms with van der Waals surface area (Å²) in [7, 11) is -0.819.